The summed E-state index contributed by atoms with van der Waals surface area (Å²) in [7, 11) is 1.62. The van der Waals surface area contributed by atoms with Gasteiger partial charge in [0.05, 0.1) is 13.2 Å². The van der Waals surface area contributed by atoms with Crippen LogP contribution in [0.15, 0.2) is 71.7 Å². The number of benzene rings is 3. The van der Waals surface area contributed by atoms with Gasteiger partial charge in [0.15, 0.2) is 0 Å². The molecule has 2 heterocycles. The van der Waals surface area contributed by atoms with E-state index >= 15 is 0 Å². The molecule has 2 aliphatic rings. The zero-order valence-electron chi connectivity index (χ0n) is 20.4. The number of ether oxygens (including phenoxy) is 1. The van der Waals surface area contributed by atoms with Crippen molar-refractivity contribution >= 4 is 41.0 Å². The lowest BCUT2D eigenvalue weighted by Gasteiger charge is -2.35. The Kier molecular flexibility index (Phi) is 7.09. The molecule has 1 N–H and O–H groups in total. The molecule has 2 aliphatic heterocycles. The number of amides is 3. The number of piperazine rings is 1. The van der Waals surface area contributed by atoms with Gasteiger partial charge in [-0.05, 0) is 66.1 Å². The molecule has 0 radical (unpaired) electrons. The Bertz CT molecular complexity index is 1360. The van der Waals surface area contributed by atoms with Crippen molar-refractivity contribution in [2.45, 2.75) is 19.0 Å². The van der Waals surface area contributed by atoms with E-state index in [1.807, 2.05) is 73.7 Å². The highest BCUT2D eigenvalue weighted by atomic mass is 35.5. The van der Waals surface area contributed by atoms with Crippen LogP contribution >= 0.6 is 23.2 Å². The molecule has 0 aromatic heterocycles. The van der Waals surface area contributed by atoms with E-state index in [1.54, 1.807) is 16.9 Å². The van der Waals surface area contributed by atoms with Crippen LogP contribution in [-0.4, -0.2) is 54.3 Å². The molecule has 0 spiro atoms. The molecule has 3 aromatic carbocycles. The lowest BCUT2D eigenvalue weighted by molar-refractivity contribution is -0.123. The number of carbonyl (C=O) groups is 2. The normalized spacial score (nSPS) is 19.5. The van der Waals surface area contributed by atoms with Gasteiger partial charge in [0, 0.05) is 28.7 Å². The van der Waals surface area contributed by atoms with Gasteiger partial charge in [-0.25, -0.2) is 4.79 Å². The highest BCUT2D eigenvalue weighted by molar-refractivity contribution is 6.30. The average molecular weight is 537 g/mol. The van der Waals surface area contributed by atoms with Crippen molar-refractivity contribution in [3.63, 3.8) is 0 Å². The second-order valence-electron chi connectivity index (χ2n) is 9.05. The standard InChI is InChI=1S/C28H26Cl2N4O3/c1-17-15-22(37-2)11-12-23(17)27-32-25(18-3-7-20(29)8-4-18)26(19-5-9-21(30)10-6-19)34(27)28(36)33-14-13-31-24(35)16-33/h3-12,15,25-26H,13-14,16H2,1-2H3,(H,31,35)/t25-,26+/m0/s1. The zero-order chi connectivity index (χ0) is 26.1. The summed E-state index contributed by atoms with van der Waals surface area (Å²) >= 11 is 12.4. The largest absolute Gasteiger partial charge is 0.497 e. The van der Waals surface area contributed by atoms with E-state index in [9.17, 15) is 9.59 Å². The Balaban J connectivity index is 1.68. The Morgan fingerprint density at radius 2 is 1.65 bits per heavy atom. The Labute approximate surface area is 225 Å². The van der Waals surface area contributed by atoms with Crippen LogP contribution in [0.1, 0.15) is 34.3 Å². The van der Waals surface area contributed by atoms with E-state index in [-0.39, 0.29) is 18.5 Å². The molecule has 3 aromatic rings. The van der Waals surface area contributed by atoms with Crippen LogP contribution in [0.5, 0.6) is 5.75 Å². The number of aryl methyl sites for hydroxylation is 1. The molecule has 37 heavy (non-hydrogen) atoms. The number of nitrogens with one attached hydrogen (secondary N) is 1. The second-order valence-corrected chi connectivity index (χ2v) is 9.92. The van der Waals surface area contributed by atoms with Gasteiger partial charge in [0.1, 0.15) is 24.2 Å². The molecule has 0 saturated carbocycles. The first-order valence-corrected chi connectivity index (χ1v) is 12.7. The van der Waals surface area contributed by atoms with E-state index in [4.69, 9.17) is 32.9 Å². The predicted octanol–water partition coefficient (Wildman–Crippen LogP) is 5.41. The minimum Gasteiger partial charge on any atom is -0.497 e. The molecular weight excluding hydrogens is 511 g/mol. The maximum Gasteiger partial charge on any atom is 0.326 e. The molecule has 3 amide bonds. The topological polar surface area (TPSA) is 74.2 Å². The van der Waals surface area contributed by atoms with Gasteiger partial charge in [-0.15, -0.1) is 0 Å². The highest BCUT2D eigenvalue weighted by Crippen LogP contribution is 2.45. The number of hydrogen-bond donors (Lipinski definition) is 1. The van der Waals surface area contributed by atoms with Crippen LogP contribution in [-0.2, 0) is 4.79 Å². The van der Waals surface area contributed by atoms with Crippen LogP contribution in [0, 0.1) is 6.92 Å². The number of carbonyl (C=O) groups excluding carboxylic acids is 2. The van der Waals surface area contributed by atoms with Crippen molar-refractivity contribution in [1.29, 1.82) is 0 Å². The first-order chi connectivity index (χ1) is 17.9. The first-order valence-electron chi connectivity index (χ1n) is 11.9. The van der Waals surface area contributed by atoms with Crippen LogP contribution in [0.2, 0.25) is 10.0 Å². The number of methoxy groups -OCH3 is 1. The van der Waals surface area contributed by atoms with Crippen molar-refractivity contribution in [3.8, 4) is 5.75 Å². The third-order valence-electron chi connectivity index (χ3n) is 6.68. The quantitative estimate of drug-likeness (QED) is 0.484. The summed E-state index contributed by atoms with van der Waals surface area (Å²) in [6.07, 6.45) is 0. The van der Waals surface area contributed by atoms with Gasteiger partial charge in [0.25, 0.3) is 0 Å². The predicted molar refractivity (Wildman–Crippen MR) is 144 cm³/mol. The highest BCUT2D eigenvalue weighted by Gasteiger charge is 2.44. The van der Waals surface area contributed by atoms with Gasteiger partial charge in [0.2, 0.25) is 5.91 Å². The number of rotatable bonds is 4. The van der Waals surface area contributed by atoms with E-state index < -0.39 is 12.1 Å². The minimum absolute atomic E-state index is 0.0108. The van der Waals surface area contributed by atoms with Gasteiger partial charge >= 0.3 is 6.03 Å². The molecule has 2 atom stereocenters. The van der Waals surface area contributed by atoms with Crippen molar-refractivity contribution in [2.75, 3.05) is 26.7 Å². The van der Waals surface area contributed by atoms with Crippen molar-refractivity contribution in [1.82, 2.24) is 15.1 Å². The van der Waals surface area contributed by atoms with Crippen LogP contribution < -0.4 is 10.1 Å². The maximum absolute atomic E-state index is 14.2. The third-order valence-corrected chi connectivity index (χ3v) is 7.18. The summed E-state index contributed by atoms with van der Waals surface area (Å²) in [6.45, 7) is 2.76. The number of halogens is 2. The Hall–Kier alpha value is -3.55. The summed E-state index contributed by atoms with van der Waals surface area (Å²) in [5.74, 6) is 1.07. The summed E-state index contributed by atoms with van der Waals surface area (Å²) in [5, 5.41) is 4.01. The van der Waals surface area contributed by atoms with E-state index in [0.717, 1.165) is 22.3 Å². The monoisotopic (exact) mass is 536 g/mol. The molecule has 0 aliphatic carbocycles. The van der Waals surface area contributed by atoms with E-state index in [1.165, 1.54) is 0 Å². The zero-order valence-corrected chi connectivity index (χ0v) is 22.0. The second kappa shape index (κ2) is 10.4. The van der Waals surface area contributed by atoms with Gasteiger partial charge in [-0.3, -0.25) is 14.7 Å². The van der Waals surface area contributed by atoms with Gasteiger partial charge in [-0.2, -0.15) is 0 Å². The van der Waals surface area contributed by atoms with Crippen LogP contribution in [0.3, 0.4) is 0 Å². The lowest BCUT2D eigenvalue weighted by Crippen LogP contribution is -2.55. The summed E-state index contributed by atoms with van der Waals surface area (Å²) < 4.78 is 5.40. The lowest BCUT2D eigenvalue weighted by atomic mass is 9.93. The fourth-order valence-corrected chi connectivity index (χ4v) is 5.07. The van der Waals surface area contributed by atoms with Crippen molar-refractivity contribution in [3.05, 3.63) is 99.0 Å². The Morgan fingerprint density at radius 3 is 2.24 bits per heavy atom. The number of hydrogen-bond acceptors (Lipinski definition) is 4. The molecule has 190 valence electrons. The van der Waals surface area contributed by atoms with E-state index in [2.05, 4.69) is 5.32 Å². The fourth-order valence-electron chi connectivity index (χ4n) is 4.82. The summed E-state index contributed by atoms with van der Waals surface area (Å²) in [4.78, 5) is 34.8. The fraction of sp³-hybridized carbons (Fsp3) is 0.250. The minimum atomic E-state index is -0.465. The van der Waals surface area contributed by atoms with Gasteiger partial charge in [-0.1, -0.05) is 47.5 Å². The molecule has 1 fully saturated rings. The van der Waals surface area contributed by atoms with Gasteiger partial charge < -0.3 is 15.0 Å². The summed E-state index contributed by atoms with van der Waals surface area (Å²) in [5.41, 5.74) is 3.52. The number of aliphatic imine (C=N–C) groups is 1. The maximum atomic E-state index is 14.2. The molecule has 9 heteroatoms. The van der Waals surface area contributed by atoms with Crippen molar-refractivity contribution < 1.29 is 14.3 Å². The SMILES string of the molecule is COc1ccc(C2=N[C@@H](c3ccc(Cl)cc3)[C@@H](c3ccc(Cl)cc3)N2C(=O)N2CCNC(=O)C2)c(C)c1. The molecular formula is C28H26Cl2N4O3. The Morgan fingerprint density at radius 1 is 1.00 bits per heavy atom. The molecule has 7 nitrogen and oxygen atoms in total. The smallest absolute Gasteiger partial charge is 0.326 e. The molecule has 0 unspecified atom stereocenters. The summed E-state index contributed by atoms with van der Waals surface area (Å²) in [6, 6.07) is 19.5. The van der Waals surface area contributed by atoms with Crippen molar-refractivity contribution in [2.24, 2.45) is 4.99 Å². The van der Waals surface area contributed by atoms with Crippen LogP contribution in [0.25, 0.3) is 0 Å². The average Bonchev–Trinajstić information content (AvgIpc) is 3.29. The number of nitrogens with zero attached hydrogens (tertiary/aromatic N) is 3. The molecule has 1 saturated heterocycles. The number of amidine groups is 1. The number of urea groups is 1. The third kappa shape index (κ3) is 5.02. The van der Waals surface area contributed by atoms with Crippen LogP contribution in [0.4, 0.5) is 4.79 Å². The first kappa shape index (κ1) is 25.1. The molecule has 0 bridgehead atoms. The van der Waals surface area contributed by atoms with E-state index in [0.29, 0.717) is 34.7 Å². The molecule has 5 rings (SSSR count).